The van der Waals surface area contributed by atoms with E-state index in [-0.39, 0.29) is 11.3 Å². The Labute approximate surface area is 205 Å². The number of carbonyl (C=O) groups is 1. The van der Waals surface area contributed by atoms with Gasteiger partial charge in [0.2, 0.25) is 5.95 Å². The van der Waals surface area contributed by atoms with E-state index in [4.69, 9.17) is 9.40 Å². The lowest BCUT2D eigenvalue weighted by molar-refractivity contribution is 0.0882. The summed E-state index contributed by atoms with van der Waals surface area (Å²) in [6.45, 7) is 9.30. The number of piperazine rings is 1. The normalized spacial score (nSPS) is 20.3. The fraction of sp³-hybridized carbons (Fsp3) is 0.538. The molecular formula is C26H33N7O2. The Bertz CT molecular complexity index is 1220. The molecule has 0 bridgehead atoms. The third-order valence-electron chi connectivity index (χ3n) is 7.96. The van der Waals surface area contributed by atoms with E-state index in [1.807, 2.05) is 12.3 Å². The predicted octanol–water partition coefficient (Wildman–Crippen LogP) is 3.84. The third kappa shape index (κ3) is 4.01. The molecule has 35 heavy (non-hydrogen) atoms. The van der Waals surface area contributed by atoms with E-state index in [9.17, 15) is 4.79 Å². The second-order valence-corrected chi connectivity index (χ2v) is 10.4. The summed E-state index contributed by atoms with van der Waals surface area (Å²) in [4.78, 5) is 31.3. The van der Waals surface area contributed by atoms with E-state index in [0.717, 1.165) is 68.6 Å². The molecular weight excluding hydrogens is 442 g/mol. The maximum absolute atomic E-state index is 12.6. The Morgan fingerprint density at radius 2 is 1.86 bits per heavy atom. The van der Waals surface area contributed by atoms with Gasteiger partial charge in [-0.25, -0.2) is 15.0 Å². The second kappa shape index (κ2) is 8.78. The van der Waals surface area contributed by atoms with Crippen molar-refractivity contribution in [1.82, 2.24) is 25.2 Å². The third-order valence-corrected chi connectivity index (χ3v) is 7.96. The lowest BCUT2D eigenvalue weighted by atomic mass is 9.67. The van der Waals surface area contributed by atoms with Gasteiger partial charge in [-0.3, -0.25) is 9.69 Å². The maximum atomic E-state index is 12.6. The molecule has 0 atom stereocenters. The van der Waals surface area contributed by atoms with Crippen LogP contribution in [0.25, 0.3) is 11.1 Å². The fourth-order valence-electron chi connectivity index (χ4n) is 5.94. The molecule has 1 aliphatic carbocycles. The van der Waals surface area contributed by atoms with E-state index in [0.29, 0.717) is 35.7 Å². The van der Waals surface area contributed by atoms with Gasteiger partial charge in [0, 0.05) is 49.7 Å². The molecule has 2 aliphatic heterocycles. The van der Waals surface area contributed by atoms with E-state index >= 15 is 0 Å². The molecule has 1 saturated carbocycles. The van der Waals surface area contributed by atoms with Gasteiger partial charge < -0.3 is 20.0 Å². The zero-order valence-corrected chi connectivity index (χ0v) is 20.5. The van der Waals surface area contributed by atoms with Crippen LogP contribution in [-0.2, 0) is 5.41 Å². The summed E-state index contributed by atoms with van der Waals surface area (Å²) < 4.78 is 5.95. The molecule has 9 heteroatoms. The number of hydrogen-bond acceptors (Lipinski definition) is 8. The summed E-state index contributed by atoms with van der Waals surface area (Å²) in [7, 11) is 0. The van der Waals surface area contributed by atoms with Crippen LogP contribution in [-0.4, -0.2) is 64.5 Å². The average Bonchev–Trinajstić information content (AvgIpc) is 3.28. The van der Waals surface area contributed by atoms with Crippen LogP contribution < -0.4 is 15.5 Å². The number of amides is 1. The van der Waals surface area contributed by atoms with Crippen molar-refractivity contribution in [3.8, 4) is 0 Å². The highest BCUT2D eigenvalue weighted by molar-refractivity contribution is 6.00. The van der Waals surface area contributed by atoms with Crippen molar-refractivity contribution in [2.75, 3.05) is 42.9 Å². The number of rotatable bonds is 4. The molecule has 3 aromatic rings. The lowest BCUT2D eigenvalue weighted by Crippen LogP contribution is -2.48. The lowest BCUT2D eigenvalue weighted by Gasteiger charge is -2.39. The number of aromatic nitrogens is 3. The van der Waals surface area contributed by atoms with Gasteiger partial charge in [0.1, 0.15) is 11.3 Å². The van der Waals surface area contributed by atoms with Gasteiger partial charge in [0.25, 0.3) is 5.91 Å². The van der Waals surface area contributed by atoms with Gasteiger partial charge in [-0.15, -0.1) is 0 Å². The van der Waals surface area contributed by atoms with Crippen LogP contribution in [0.2, 0.25) is 0 Å². The number of furan rings is 1. The smallest absolute Gasteiger partial charge is 0.287 e. The summed E-state index contributed by atoms with van der Waals surface area (Å²) in [5.41, 5.74) is 3.30. The topological polar surface area (TPSA) is 99.4 Å². The Kier molecular flexibility index (Phi) is 5.59. The number of hydrogen-bond donors (Lipinski definition) is 2. The zero-order valence-electron chi connectivity index (χ0n) is 20.5. The van der Waals surface area contributed by atoms with Crippen LogP contribution in [0.5, 0.6) is 0 Å². The first-order chi connectivity index (χ1) is 17.0. The van der Waals surface area contributed by atoms with Crippen molar-refractivity contribution in [3.63, 3.8) is 0 Å². The number of nitrogens with one attached hydrogen (secondary N) is 2. The van der Waals surface area contributed by atoms with Gasteiger partial charge in [0.15, 0.2) is 11.3 Å². The quantitative estimate of drug-likeness (QED) is 0.587. The van der Waals surface area contributed by atoms with Crippen molar-refractivity contribution >= 4 is 34.5 Å². The maximum Gasteiger partial charge on any atom is 0.287 e. The molecule has 0 unspecified atom stereocenters. The first-order valence-electron chi connectivity index (χ1n) is 12.8. The Morgan fingerprint density at radius 1 is 1.06 bits per heavy atom. The van der Waals surface area contributed by atoms with E-state index in [1.54, 1.807) is 6.20 Å². The minimum absolute atomic E-state index is 0.0993. The summed E-state index contributed by atoms with van der Waals surface area (Å²) in [5.74, 6) is 1.40. The Hall–Kier alpha value is -3.20. The number of nitrogens with zero attached hydrogens (tertiary/aromatic N) is 5. The first-order valence-corrected chi connectivity index (χ1v) is 12.8. The molecule has 5 heterocycles. The van der Waals surface area contributed by atoms with Gasteiger partial charge in [-0.05, 0) is 38.8 Å². The highest BCUT2D eigenvalue weighted by Crippen LogP contribution is 2.46. The molecule has 9 nitrogen and oxygen atoms in total. The molecule has 0 aromatic carbocycles. The molecule has 0 radical (unpaired) electrons. The van der Waals surface area contributed by atoms with Gasteiger partial charge >= 0.3 is 0 Å². The van der Waals surface area contributed by atoms with Gasteiger partial charge in [-0.2, -0.15) is 0 Å². The SMILES string of the molecule is CC(C)N1CCN(c2ccc(Nc3ncc4oc5c(c4n3)C3(CCCCC3)CNC5=O)nc2)CC1. The Balaban J connectivity index is 1.24. The molecule has 1 saturated heterocycles. The number of fused-ring (bicyclic) bond motifs is 4. The Morgan fingerprint density at radius 3 is 2.57 bits per heavy atom. The minimum atomic E-state index is -0.157. The second-order valence-electron chi connectivity index (χ2n) is 10.4. The van der Waals surface area contributed by atoms with Crippen molar-refractivity contribution in [2.24, 2.45) is 0 Å². The van der Waals surface area contributed by atoms with E-state index in [1.165, 1.54) is 6.42 Å². The van der Waals surface area contributed by atoms with Crippen LogP contribution in [0.3, 0.4) is 0 Å². The van der Waals surface area contributed by atoms with Crippen LogP contribution in [0.1, 0.15) is 62.1 Å². The van der Waals surface area contributed by atoms with Gasteiger partial charge in [-0.1, -0.05) is 19.3 Å². The summed E-state index contributed by atoms with van der Waals surface area (Å²) in [5, 5.41) is 6.29. The van der Waals surface area contributed by atoms with Crippen molar-refractivity contribution in [1.29, 1.82) is 0 Å². The summed E-state index contributed by atoms with van der Waals surface area (Å²) >= 11 is 0. The number of carbonyl (C=O) groups excluding carboxylic acids is 1. The van der Waals surface area contributed by atoms with Crippen molar-refractivity contribution in [2.45, 2.75) is 57.4 Å². The first kappa shape index (κ1) is 22.3. The molecule has 3 aromatic heterocycles. The predicted molar refractivity (Wildman–Crippen MR) is 135 cm³/mol. The van der Waals surface area contributed by atoms with Crippen molar-refractivity contribution in [3.05, 3.63) is 35.9 Å². The van der Waals surface area contributed by atoms with Crippen LogP contribution in [0.15, 0.2) is 28.9 Å². The molecule has 1 amide bonds. The van der Waals surface area contributed by atoms with E-state index in [2.05, 4.69) is 50.3 Å². The van der Waals surface area contributed by atoms with Gasteiger partial charge in [0.05, 0.1) is 18.1 Å². The standard InChI is InChI=1S/C26H33N7O2/c1-17(2)32-10-12-33(13-11-32)18-6-7-20(27-14-18)30-25-28-15-19-22(31-25)21-23(35-19)24(34)29-16-26(21)8-4-3-5-9-26/h6-7,14-15,17H,3-5,8-13,16H2,1-2H3,(H,29,34)(H,27,28,30,31). The van der Waals surface area contributed by atoms with Crippen LogP contribution >= 0.6 is 0 Å². The van der Waals surface area contributed by atoms with Crippen LogP contribution in [0, 0.1) is 0 Å². The highest BCUT2D eigenvalue weighted by atomic mass is 16.3. The summed E-state index contributed by atoms with van der Waals surface area (Å²) in [6, 6.07) is 4.65. The zero-order chi connectivity index (χ0) is 24.0. The minimum Gasteiger partial charge on any atom is -0.447 e. The molecule has 6 rings (SSSR count). The highest BCUT2D eigenvalue weighted by Gasteiger charge is 2.44. The van der Waals surface area contributed by atoms with Crippen molar-refractivity contribution < 1.29 is 9.21 Å². The largest absolute Gasteiger partial charge is 0.447 e. The fourth-order valence-corrected chi connectivity index (χ4v) is 5.94. The van der Waals surface area contributed by atoms with Crippen LogP contribution in [0.4, 0.5) is 17.5 Å². The monoisotopic (exact) mass is 475 g/mol. The number of anilines is 3. The summed E-state index contributed by atoms with van der Waals surface area (Å²) in [6.07, 6.45) is 9.19. The molecule has 1 spiro atoms. The molecule has 2 fully saturated rings. The number of pyridine rings is 1. The average molecular weight is 476 g/mol. The molecule has 3 aliphatic rings. The molecule has 2 N–H and O–H groups in total. The molecule has 184 valence electrons. The van der Waals surface area contributed by atoms with E-state index < -0.39 is 0 Å².